The van der Waals surface area contributed by atoms with E-state index in [0.717, 1.165) is 70.1 Å². The molecule has 1 aromatic heterocycles. The summed E-state index contributed by atoms with van der Waals surface area (Å²) in [4.78, 5) is -0.480. The van der Waals surface area contributed by atoms with E-state index in [0.29, 0.717) is 35.8 Å². The second-order valence-corrected chi connectivity index (χ2v) is 23.2. The summed E-state index contributed by atoms with van der Waals surface area (Å²) in [5.74, 6) is -2.87. The van der Waals surface area contributed by atoms with Crippen LogP contribution in [0.4, 0.5) is 45.5 Å². The van der Waals surface area contributed by atoms with Crippen molar-refractivity contribution in [3.63, 3.8) is 0 Å². The molecular weight excluding hydrogens is 1230 g/mol. The number of aromatic nitrogens is 1. The van der Waals surface area contributed by atoms with Crippen molar-refractivity contribution in [3.05, 3.63) is 115 Å². The third-order valence-corrected chi connectivity index (χ3v) is 15.5. The Balaban J connectivity index is 0.00000336. The van der Waals surface area contributed by atoms with Gasteiger partial charge in [-0.05, 0) is 109 Å². The fraction of sp³-hybridized carbons (Fsp3) is 0.0238. The number of benzene rings is 7. The number of aromatic hydroxyl groups is 3. The molecule has 0 aliphatic carbocycles. The van der Waals surface area contributed by atoms with Gasteiger partial charge in [0.15, 0.2) is 5.75 Å². The van der Waals surface area contributed by atoms with Gasteiger partial charge >= 0.3 is 148 Å². The molecule has 0 unspecified atom stereocenters. The standard InChI is InChI=1S/C42H29N9O18S6.5Na/c1-20-2-10-28-35(12-20)70-42(43-28)27-9-5-23(15-36(27)73(61,62)63)45-48-30-18-31(34(53)19-33(30)52)49-50-32-17-26(72(58,59)60)13-21-14-38(75(67,68)69)40(41(54)39(21)32)51-46-24-6-11-29(37(16-24)74(64,65)66)47-44-22-3-7-25(8-4-22)71(55,56)57;;;;;/h2-19,52-54H,1H3,(H,55,56,57)(H,58,59,60)(H,61,62,63)(H,64,65,66)(H,67,68,69);;;;;/q;5*+1/p-5. The largest absolute Gasteiger partial charge is 1.00 e. The topological polar surface area (TPSA) is 458 Å². The predicted octanol–water partition coefficient (Wildman–Crippen LogP) is -6.26. The number of phenolic OH excluding ortho intramolecular Hbond substituents is 3. The van der Waals surface area contributed by atoms with E-state index >= 15 is 0 Å². The molecular formula is C42H24N9Na5O18S6. The number of thiazole rings is 1. The zero-order valence-corrected chi connectivity index (χ0v) is 56.7. The molecule has 27 nitrogen and oxygen atoms in total. The van der Waals surface area contributed by atoms with Gasteiger partial charge in [-0.2, -0.15) is 15.3 Å². The fourth-order valence-electron chi connectivity index (χ4n) is 6.73. The Kier molecular flexibility index (Phi) is 24.8. The van der Waals surface area contributed by atoms with E-state index in [1.165, 1.54) is 12.1 Å². The summed E-state index contributed by atoms with van der Waals surface area (Å²) >= 11 is 1.13. The fourth-order valence-corrected chi connectivity index (χ4v) is 10.9. The van der Waals surface area contributed by atoms with Gasteiger partial charge < -0.3 is 38.1 Å². The Bertz CT molecular complexity index is 4460. The summed E-state index contributed by atoms with van der Waals surface area (Å²) < 4.78 is 183. The SMILES string of the molecule is Cc1ccc2nc(-c3ccc(N=Nc4cc(N=Nc5cc(S(=O)(=O)[O-])cc6cc(S(=O)(=O)[O-])c(N=Nc7ccc(N=Nc8ccc(S(=O)(=O)[O-])cc8)c(S(=O)(=O)[O-])c7)c(O)c56)c(O)cc4O)cc3S(=O)(=O)[O-])sc2c1.[Na+].[Na+].[Na+].[Na+].[Na+]. The van der Waals surface area contributed by atoms with Crippen molar-refractivity contribution in [1.29, 1.82) is 0 Å². The van der Waals surface area contributed by atoms with E-state index in [-0.39, 0.29) is 170 Å². The van der Waals surface area contributed by atoms with E-state index in [1.54, 1.807) is 12.1 Å². The van der Waals surface area contributed by atoms with E-state index in [4.69, 9.17) is 0 Å². The monoisotopic (exact) mass is 1250 g/mol. The molecule has 80 heavy (non-hydrogen) atoms. The van der Waals surface area contributed by atoms with Crippen LogP contribution >= 0.6 is 11.3 Å². The van der Waals surface area contributed by atoms with E-state index < -0.39 is 137 Å². The third kappa shape index (κ3) is 16.9. The molecule has 386 valence electrons. The smallest absolute Gasteiger partial charge is 0.744 e. The summed E-state index contributed by atoms with van der Waals surface area (Å²) in [6, 6.07) is 18.2. The van der Waals surface area contributed by atoms with Crippen molar-refractivity contribution >= 4 is 128 Å². The first-order chi connectivity index (χ1) is 34.9. The van der Waals surface area contributed by atoms with Gasteiger partial charge in [-0.25, -0.2) is 47.1 Å². The molecule has 0 aliphatic heterocycles. The van der Waals surface area contributed by atoms with Crippen LogP contribution in [0.15, 0.2) is 175 Å². The van der Waals surface area contributed by atoms with Gasteiger partial charge in [0.05, 0.1) is 62.8 Å². The van der Waals surface area contributed by atoms with Crippen LogP contribution < -0.4 is 148 Å². The van der Waals surface area contributed by atoms with Crippen LogP contribution in [-0.4, -0.2) is 85.2 Å². The van der Waals surface area contributed by atoms with E-state index in [2.05, 4.69) is 45.9 Å². The number of hydrogen-bond acceptors (Lipinski definition) is 28. The molecule has 0 atom stereocenters. The van der Waals surface area contributed by atoms with E-state index in [9.17, 15) is 80.2 Å². The Labute approximate surface area is 568 Å². The van der Waals surface area contributed by atoms with Crippen LogP contribution in [0.3, 0.4) is 0 Å². The maximum Gasteiger partial charge on any atom is 1.00 e. The van der Waals surface area contributed by atoms with Crippen molar-refractivity contribution in [2.75, 3.05) is 0 Å². The van der Waals surface area contributed by atoms with Crippen molar-refractivity contribution in [3.8, 4) is 27.8 Å². The molecule has 8 rings (SSSR count). The summed E-state index contributed by atoms with van der Waals surface area (Å²) in [6.07, 6.45) is 0. The third-order valence-electron chi connectivity index (χ3n) is 10.2. The number of phenols is 3. The molecule has 0 amide bonds. The molecule has 38 heteroatoms. The van der Waals surface area contributed by atoms with Crippen LogP contribution in [0, 0.1) is 6.92 Å². The van der Waals surface area contributed by atoms with Crippen LogP contribution in [0.1, 0.15) is 5.56 Å². The van der Waals surface area contributed by atoms with E-state index in [1.807, 2.05) is 13.0 Å². The summed E-state index contributed by atoms with van der Waals surface area (Å²) in [6.45, 7) is 1.85. The zero-order valence-electron chi connectivity index (χ0n) is 41.8. The quantitative estimate of drug-likeness (QED) is 0.0518. The summed E-state index contributed by atoms with van der Waals surface area (Å²) in [5.41, 5.74) is -3.09. The summed E-state index contributed by atoms with van der Waals surface area (Å²) in [7, 11) is -26.6. The number of fused-ring (bicyclic) bond motifs is 2. The second-order valence-electron chi connectivity index (χ2n) is 15.3. The minimum absolute atomic E-state index is 0. The van der Waals surface area contributed by atoms with Gasteiger partial charge in [0.1, 0.15) is 89.8 Å². The van der Waals surface area contributed by atoms with Crippen LogP contribution in [0.5, 0.6) is 17.2 Å². The molecule has 0 spiro atoms. The molecule has 0 saturated heterocycles. The average Bonchev–Trinajstić information content (AvgIpc) is 3.74. The van der Waals surface area contributed by atoms with Crippen LogP contribution in [0.2, 0.25) is 0 Å². The first-order valence-electron chi connectivity index (χ1n) is 20.1. The van der Waals surface area contributed by atoms with Gasteiger partial charge in [0.25, 0.3) is 0 Å². The molecule has 0 aliphatic rings. The van der Waals surface area contributed by atoms with Crippen molar-refractivity contribution in [2.24, 2.45) is 40.9 Å². The number of nitrogens with zero attached hydrogens (tertiary/aromatic N) is 9. The molecule has 0 fully saturated rings. The molecule has 7 aromatic carbocycles. The first-order valence-corrected chi connectivity index (χ1v) is 27.9. The first kappa shape index (κ1) is 71.3. The molecule has 0 radical (unpaired) electrons. The normalized spacial score (nSPS) is 12.3. The molecule has 0 saturated carbocycles. The van der Waals surface area contributed by atoms with Crippen molar-refractivity contribution in [1.82, 2.24) is 4.98 Å². The minimum Gasteiger partial charge on any atom is -0.744 e. The van der Waals surface area contributed by atoms with Gasteiger partial charge in [0, 0.05) is 17.7 Å². The van der Waals surface area contributed by atoms with Gasteiger partial charge in [-0.1, -0.05) is 6.07 Å². The number of azo groups is 4. The molecule has 1 heterocycles. The van der Waals surface area contributed by atoms with Crippen LogP contribution in [0.25, 0.3) is 31.6 Å². The predicted molar refractivity (Wildman–Crippen MR) is 255 cm³/mol. The zero-order chi connectivity index (χ0) is 54.6. The maximum atomic E-state index is 12.6. The van der Waals surface area contributed by atoms with Gasteiger partial charge in [-0.3, -0.25) is 0 Å². The Morgan fingerprint density at radius 3 is 1.51 bits per heavy atom. The van der Waals surface area contributed by atoms with Gasteiger partial charge in [0.2, 0.25) is 0 Å². The minimum atomic E-state index is -5.72. The van der Waals surface area contributed by atoms with Crippen molar-refractivity contribution < 1.29 is 228 Å². The maximum absolute atomic E-state index is 12.6. The Hall–Kier alpha value is -2.96. The average molecular weight is 1250 g/mol. The Morgan fingerprint density at radius 2 is 0.938 bits per heavy atom. The van der Waals surface area contributed by atoms with Gasteiger partial charge in [-0.15, -0.1) is 36.9 Å². The number of hydrogen-bond donors (Lipinski definition) is 3. The van der Waals surface area contributed by atoms with Crippen molar-refractivity contribution in [2.45, 2.75) is 31.4 Å². The number of aryl methyl sites for hydroxylation is 1. The van der Waals surface area contributed by atoms with Crippen LogP contribution in [-0.2, 0) is 50.6 Å². The Morgan fingerprint density at radius 1 is 0.438 bits per heavy atom. The number of rotatable bonds is 14. The second kappa shape index (κ2) is 27.8. The molecule has 3 N–H and O–H groups in total. The molecule has 0 bridgehead atoms. The summed E-state index contributed by atoms with van der Waals surface area (Å²) in [5, 5.41) is 61.7. The molecule has 8 aromatic rings.